The number of fused-ring (bicyclic) bond motifs is 3. The number of aliphatic carboxylic acids is 1. The number of carboxylic acids is 1. The Morgan fingerprint density at radius 3 is 2.17 bits per heavy atom. The van der Waals surface area contributed by atoms with Gasteiger partial charge in [-0.1, -0.05) is 48.5 Å². The van der Waals surface area contributed by atoms with E-state index in [1.165, 1.54) is 22.3 Å². The Morgan fingerprint density at radius 1 is 0.971 bits per heavy atom. The summed E-state index contributed by atoms with van der Waals surface area (Å²) in [6, 6.07) is 20.7. The number of carboxylic acid groups (broad SMARTS) is 1. The second-order valence-corrected chi connectivity index (χ2v) is 10.2. The summed E-state index contributed by atoms with van der Waals surface area (Å²) in [5, 5.41) is 9.24. The lowest BCUT2D eigenvalue weighted by molar-refractivity contribution is -0.136. The molecular weight excluding hydrogens is 555 g/mol. The third-order valence-corrected chi connectivity index (χ3v) is 8.14. The van der Waals surface area contributed by atoms with Crippen molar-refractivity contribution in [3.63, 3.8) is 0 Å². The molecule has 0 spiro atoms. The fourth-order valence-corrected chi connectivity index (χ4v) is 5.75. The van der Waals surface area contributed by atoms with Crippen LogP contribution in [0.2, 0.25) is 0 Å². The molecule has 1 aliphatic carbocycles. The van der Waals surface area contributed by atoms with E-state index in [1.807, 2.05) is 37.3 Å². The number of ether oxygens (including phenoxy) is 1. The molecular formula is C28H27IN2O4. The zero-order chi connectivity index (χ0) is 24.5. The van der Waals surface area contributed by atoms with Crippen molar-refractivity contribution in [2.75, 3.05) is 37.7 Å². The molecule has 35 heavy (non-hydrogen) atoms. The first-order valence-electron chi connectivity index (χ1n) is 11.8. The monoisotopic (exact) mass is 582 g/mol. The summed E-state index contributed by atoms with van der Waals surface area (Å²) in [7, 11) is 0. The number of piperazine rings is 1. The Hall–Kier alpha value is -3.07. The van der Waals surface area contributed by atoms with Crippen molar-refractivity contribution >= 4 is 40.3 Å². The number of amides is 1. The van der Waals surface area contributed by atoms with E-state index >= 15 is 0 Å². The zero-order valence-electron chi connectivity index (χ0n) is 19.5. The maximum atomic E-state index is 12.9. The molecule has 6 nitrogen and oxygen atoms in total. The Labute approximate surface area is 218 Å². The summed E-state index contributed by atoms with van der Waals surface area (Å²) in [5.41, 5.74) is 7.69. The summed E-state index contributed by atoms with van der Waals surface area (Å²) in [6.45, 7) is 4.76. The van der Waals surface area contributed by atoms with Gasteiger partial charge in [0.2, 0.25) is 0 Å². The van der Waals surface area contributed by atoms with Crippen LogP contribution < -0.4 is 4.90 Å². The number of rotatable bonds is 5. The van der Waals surface area contributed by atoms with Crippen molar-refractivity contribution in [1.82, 2.24) is 4.90 Å². The third kappa shape index (κ3) is 4.74. The van der Waals surface area contributed by atoms with Crippen LogP contribution >= 0.6 is 22.6 Å². The first-order chi connectivity index (χ1) is 16.9. The van der Waals surface area contributed by atoms with E-state index in [0.717, 1.165) is 20.4 Å². The van der Waals surface area contributed by atoms with Gasteiger partial charge in [0, 0.05) is 41.4 Å². The van der Waals surface area contributed by atoms with Crippen LogP contribution in [0.3, 0.4) is 0 Å². The van der Waals surface area contributed by atoms with Crippen molar-refractivity contribution in [3.05, 3.63) is 86.5 Å². The molecule has 1 aliphatic heterocycles. The lowest BCUT2D eigenvalue weighted by Crippen LogP contribution is -2.49. The molecule has 1 amide bonds. The summed E-state index contributed by atoms with van der Waals surface area (Å²) in [6.07, 6.45) is -0.272. The molecule has 0 saturated carbocycles. The molecule has 0 unspecified atom stereocenters. The summed E-state index contributed by atoms with van der Waals surface area (Å²) >= 11 is 2.26. The van der Waals surface area contributed by atoms with E-state index in [1.54, 1.807) is 4.90 Å². The second kappa shape index (κ2) is 9.89. The number of carbonyl (C=O) groups excluding carboxylic acids is 1. The number of halogens is 1. The molecule has 0 aromatic heterocycles. The fraction of sp³-hybridized carbons (Fsp3) is 0.286. The van der Waals surface area contributed by atoms with Gasteiger partial charge in [-0.25, -0.2) is 4.79 Å². The molecule has 1 N–H and O–H groups in total. The molecule has 1 saturated heterocycles. The van der Waals surface area contributed by atoms with Crippen molar-refractivity contribution in [3.8, 4) is 11.1 Å². The van der Waals surface area contributed by atoms with Gasteiger partial charge in [-0.2, -0.15) is 0 Å². The Bertz CT molecular complexity index is 1240. The summed E-state index contributed by atoms with van der Waals surface area (Å²) in [5.74, 6) is -0.781. The van der Waals surface area contributed by atoms with E-state index in [9.17, 15) is 14.7 Å². The third-order valence-electron chi connectivity index (χ3n) is 7.02. The first-order valence-corrected chi connectivity index (χ1v) is 12.9. The molecule has 1 fully saturated rings. The van der Waals surface area contributed by atoms with Gasteiger partial charge in [-0.3, -0.25) is 4.79 Å². The van der Waals surface area contributed by atoms with Crippen molar-refractivity contribution in [2.45, 2.75) is 19.3 Å². The SMILES string of the molecule is Cc1c(I)cc(N2CCN(C(=O)OCC3c4ccccc4-c4ccccc43)CC2)cc1CC(=O)O. The maximum Gasteiger partial charge on any atom is 0.409 e. The van der Waals surface area contributed by atoms with Gasteiger partial charge in [-0.15, -0.1) is 0 Å². The van der Waals surface area contributed by atoms with E-state index in [-0.39, 0.29) is 18.4 Å². The van der Waals surface area contributed by atoms with Gasteiger partial charge in [-0.05, 0) is 75.0 Å². The average Bonchev–Trinajstić information content (AvgIpc) is 3.19. The quantitative estimate of drug-likeness (QED) is 0.414. The predicted molar refractivity (Wildman–Crippen MR) is 144 cm³/mol. The topological polar surface area (TPSA) is 70.1 Å². The highest BCUT2D eigenvalue weighted by Crippen LogP contribution is 2.44. The molecule has 5 rings (SSSR count). The van der Waals surface area contributed by atoms with E-state index < -0.39 is 5.97 Å². The number of carbonyl (C=O) groups is 2. The number of hydrogen-bond acceptors (Lipinski definition) is 4. The van der Waals surface area contributed by atoms with Crippen molar-refractivity contribution < 1.29 is 19.4 Å². The van der Waals surface area contributed by atoms with E-state index in [4.69, 9.17) is 4.74 Å². The standard InChI is InChI=1S/C28H27IN2O4/c1-18-19(15-27(32)33)14-20(16-26(18)29)30-10-12-31(13-11-30)28(34)35-17-25-23-8-4-2-6-21(23)22-7-3-5-9-24(22)25/h2-9,14,16,25H,10-13,15,17H2,1H3,(H,32,33). The largest absolute Gasteiger partial charge is 0.481 e. The normalized spacial score (nSPS) is 15.0. The number of hydrogen-bond donors (Lipinski definition) is 1. The molecule has 3 aromatic rings. The Morgan fingerprint density at radius 2 is 1.57 bits per heavy atom. The molecule has 2 aliphatic rings. The smallest absolute Gasteiger partial charge is 0.409 e. The minimum atomic E-state index is -0.832. The lowest BCUT2D eigenvalue weighted by atomic mass is 9.98. The van der Waals surface area contributed by atoms with E-state index in [0.29, 0.717) is 32.8 Å². The molecule has 1 heterocycles. The minimum absolute atomic E-state index is 0.00932. The van der Waals surface area contributed by atoms with Gasteiger partial charge in [0.1, 0.15) is 6.61 Å². The Balaban J connectivity index is 1.22. The molecule has 0 atom stereocenters. The fourth-order valence-electron chi connectivity index (χ4n) is 5.08. The van der Waals surface area contributed by atoms with Gasteiger partial charge >= 0.3 is 12.1 Å². The highest BCUT2D eigenvalue weighted by molar-refractivity contribution is 14.1. The number of nitrogens with zero attached hydrogens (tertiary/aromatic N) is 2. The van der Waals surface area contributed by atoms with Crippen molar-refractivity contribution in [2.24, 2.45) is 0 Å². The highest BCUT2D eigenvalue weighted by Gasteiger charge is 2.30. The van der Waals surface area contributed by atoms with Crippen LogP contribution in [-0.4, -0.2) is 54.9 Å². The maximum absolute atomic E-state index is 12.9. The van der Waals surface area contributed by atoms with Gasteiger partial charge in [0.15, 0.2) is 0 Å². The average molecular weight is 582 g/mol. The van der Waals surface area contributed by atoms with Gasteiger partial charge < -0.3 is 19.6 Å². The zero-order valence-corrected chi connectivity index (χ0v) is 21.7. The molecule has 0 radical (unpaired) electrons. The lowest BCUT2D eigenvalue weighted by Gasteiger charge is -2.36. The molecule has 0 bridgehead atoms. The van der Waals surface area contributed by atoms with Crippen LogP contribution in [0.15, 0.2) is 60.7 Å². The molecule has 7 heteroatoms. The Kier molecular flexibility index (Phi) is 6.69. The predicted octanol–water partition coefficient (Wildman–Crippen LogP) is 5.30. The van der Waals surface area contributed by atoms with Crippen LogP contribution in [-0.2, 0) is 16.0 Å². The highest BCUT2D eigenvalue weighted by atomic mass is 127. The van der Waals surface area contributed by atoms with Crippen LogP contribution in [0.1, 0.15) is 28.2 Å². The molecule has 3 aromatic carbocycles. The summed E-state index contributed by atoms with van der Waals surface area (Å²) in [4.78, 5) is 28.1. The van der Waals surface area contributed by atoms with Crippen LogP contribution in [0.25, 0.3) is 11.1 Å². The van der Waals surface area contributed by atoms with E-state index in [2.05, 4.69) is 57.8 Å². The van der Waals surface area contributed by atoms with Crippen LogP contribution in [0.5, 0.6) is 0 Å². The summed E-state index contributed by atoms with van der Waals surface area (Å²) < 4.78 is 6.87. The number of benzene rings is 3. The number of anilines is 1. The van der Waals surface area contributed by atoms with Crippen molar-refractivity contribution in [1.29, 1.82) is 0 Å². The molecule has 180 valence electrons. The van der Waals surface area contributed by atoms with Gasteiger partial charge in [0.25, 0.3) is 0 Å². The van der Waals surface area contributed by atoms with Crippen LogP contribution in [0.4, 0.5) is 10.5 Å². The second-order valence-electron chi connectivity index (χ2n) is 9.06. The van der Waals surface area contributed by atoms with Crippen LogP contribution in [0, 0.1) is 10.5 Å². The minimum Gasteiger partial charge on any atom is -0.481 e. The van der Waals surface area contributed by atoms with Gasteiger partial charge in [0.05, 0.1) is 6.42 Å². The first kappa shape index (κ1) is 23.7.